The molecule has 0 bridgehead atoms. The van der Waals surface area contributed by atoms with Crippen molar-refractivity contribution in [1.82, 2.24) is 15.3 Å². The first kappa shape index (κ1) is 20.8. The number of nitrogens with one attached hydrogen (secondary N) is 2. The van der Waals surface area contributed by atoms with Crippen LogP contribution in [-0.4, -0.2) is 36.1 Å². The Bertz CT molecular complexity index is 1090. The van der Waals surface area contributed by atoms with E-state index in [1.54, 1.807) is 31.4 Å². The van der Waals surface area contributed by atoms with E-state index in [0.717, 1.165) is 22.9 Å². The highest BCUT2D eigenvalue weighted by Crippen LogP contribution is 2.13. The van der Waals surface area contributed by atoms with E-state index < -0.39 is 17.4 Å². The molecular weight excluding hydrogens is 386 g/mol. The van der Waals surface area contributed by atoms with Crippen molar-refractivity contribution >= 4 is 11.9 Å². The molecule has 8 heteroatoms. The first-order chi connectivity index (χ1) is 14.5. The number of hydrogen-bond donors (Lipinski definition) is 2. The van der Waals surface area contributed by atoms with Gasteiger partial charge in [-0.1, -0.05) is 24.3 Å². The summed E-state index contributed by atoms with van der Waals surface area (Å²) in [5.74, 6) is 0.227. The van der Waals surface area contributed by atoms with Gasteiger partial charge in [0, 0.05) is 19.0 Å². The third kappa shape index (κ3) is 5.32. The number of ether oxygens (including phenoxy) is 2. The van der Waals surface area contributed by atoms with Crippen molar-refractivity contribution in [2.45, 2.75) is 13.0 Å². The lowest BCUT2D eigenvalue weighted by Gasteiger charge is -2.08. The minimum absolute atomic E-state index is 0.0356. The van der Waals surface area contributed by atoms with Crippen LogP contribution >= 0.6 is 0 Å². The molecule has 1 amide bonds. The highest BCUT2D eigenvalue weighted by atomic mass is 16.5. The Labute approximate surface area is 172 Å². The number of H-pyrrole nitrogens is 1. The zero-order chi connectivity index (χ0) is 21.5. The minimum Gasteiger partial charge on any atom is -0.497 e. The zero-order valence-electron chi connectivity index (χ0n) is 16.6. The molecule has 0 aliphatic rings. The molecule has 0 saturated carbocycles. The maximum Gasteiger partial charge on any atom is 0.337 e. The van der Waals surface area contributed by atoms with Gasteiger partial charge in [0.15, 0.2) is 0 Å². The quantitative estimate of drug-likeness (QED) is 0.580. The van der Waals surface area contributed by atoms with Gasteiger partial charge in [0.05, 0.1) is 19.8 Å². The van der Waals surface area contributed by atoms with Crippen LogP contribution in [0.1, 0.15) is 37.8 Å². The molecule has 1 aromatic heterocycles. The van der Waals surface area contributed by atoms with Gasteiger partial charge < -0.3 is 19.8 Å². The Hall–Kier alpha value is -3.94. The smallest absolute Gasteiger partial charge is 0.337 e. The van der Waals surface area contributed by atoms with Crippen LogP contribution in [0.2, 0.25) is 0 Å². The average Bonchev–Trinajstić information content (AvgIpc) is 2.77. The van der Waals surface area contributed by atoms with Crippen molar-refractivity contribution in [3.8, 4) is 5.75 Å². The van der Waals surface area contributed by atoms with Crippen LogP contribution in [0.3, 0.4) is 0 Å². The summed E-state index contributed by atoms with van der Waals surface area (Å²) in [6.45, 7) is 0.225. The van der Waals surface area contributed by atoms with Gasteiger partial charge in [0.2, 0.25) is 0 Å². The van der Waals surface area contributed by atoms with Crippen molar-refractivity contribution in [3.63, 3.8) is 0 Å². The lowest BCUT2D eigenvalue weighted by molar-refractivity contribution is 0.0600. The van der Waals surface area contributed by atoms with Gasteiger partial charge in [0.1, 0.15) is 17.3 Å². The van der Waals surface area contributed by atoms with E-state index in [9.17, 15) is 14.4 Å². The fourth-order valence-electron chi connectivity index (χ4n) is 2.79. The molecule has 30 heavy (non-hydrogen) atoms. The minimum atomic E-state index is -0.464. The van der Waals surface area contributed by atoms with Crippen molar-refractivity contribution in [2.24, 2.45) is 0 Å². The molecule has 0 atom stereocenters. The van der Waals surface area contributed by atoms with Crippen molar-refractivity contribution in [1.29, 1.82) is 0 Å². The zero-order valence-corrected chi connectivity index (χ0v) is 16.6. The van der Waals surface area contributed by atoms with Gasteiger partial charge in [-0.15, -0.1) is 0 Å². The van der Waals surface area contributed by atoms with Gasteiger partial charge in [-0.05, 0) is 35.4 Å². The summed E-state index contributed by atoms with van der Waals surface area (Å²) in [5, 5.41) is 2.72. The molecule has 3 rings (SSSR count). The lowest BCUT2D eigenvalue weighted by atomic mass is 10.1. The highest BCUT2D eigenvalue weighted by molar-refractivity contribution is 5.92. The van der Waals surface area contributed by atoms with Gasteiger partial charge in [-0.3, -0.25) is 9.59 Å². The summed E-state index contributed by atoms with van der Waals surface area (Å²) >= 11 is 0. The van der Waals surface area contributed by atoms with Crippen LogP contribution in [-0.2, 0) is 17.7 Å². The third-order valence-corrected chi connectivity index (χ3v) is 4.38. The Morgan fingerprint density at radius 3 is 2.30 bits per heavy atom. The summed E-state index contributed by atoms with van der Waals surface area (Å²) in [7, 11) is 2.90. The molecule has 0 fully saturated rings. The second-order valence-corrected chi connectivity index (χ2v) is 6.47. The van der Waals surface area contributed by atoms with Gasteiger partial charge in [-0.25, -0.2) is 9.78 Å². The van der Waals surface area contributed by atoms with Crippen molar-refractivity contribution in [2.75, 3.05) is 14.2 Å². The molecule has 0 radical (unpaired) electrons. The monoisotopic (exact) mass is 407 g/mol. The normalized spacial score (nSPS) is 10.3. The van der Waals surface area contributed by atoms with Gasteiger partial charge >= 0.3 is 5.97 Å². The predicted octanol–water partition coefficient (Wildman–Crippen LogP) is 2.09. The van der Waals surface area contributed by atoms with E-state index in [1.165, 1.54) is 7.11 Å². The fraction of sp³-hybridized carbons (Fsp3) is 0.182. The summed E-state index contributed by atoms with van der Waals surface area (Å²) in [6, 6.07) is 15.2. The van der Waals surface area contributed by atoms with Crippen LogP contribution in [0.5, 0.6) is 5.75 Å². The second-order valence-electron chi connectivity index (χ2n) is 6.47. The van der Waals surface area contributed by atoms with E-state index >= 15 is 0 Å². The maximum atomic E-state index is 12.5. The van der Waals surface area contributed by atoms with Crippen LogP contribution in [0.15, 0.2) is 59.4 Å². The van der Waals surface area contributed by atoms with E-state index in [2.05, 4.69) is 20.0 Å². The SMILES string of the molecule is COC(=O)c1ccc(CNC(=O)c2cc(=O)[nH]c(Cc3ccc(OC)cc3)n2)cc1. The number of rotatable bonds is 7. The number of benzene rings is 2. The molecule has 0 unspecified atom stereocenters. The Morgan fingerprint density at radius 1 is 1.00 bits per heavy atom. The summed E-state index contributed by atoms with van der Waals surface area (Å²) in [5.41, 5.74) is 1.77. The molecule has 0 spiro atoms. The molecule has 0 aliphatic heterocycles. The molecule has 0 saturated heterocycles. The lowest BCUT2D eigenvalue weighted by Crippen LogP contribution is -2.26. The standard InChI is InChI=1S/C22H21N3O5/c1-29-17-9-5-14(6-10-17)11-19-24-18(12-20(26)25-19)21(27)23-13-15-3-7-16(8-4-15)22(28)30-2/h3-10,12H,11,13H2,1-2H3,(H,23,27)(H,24,25,26). The van der Waals surface area contributed by atoms with Crippen LogP contribution < -0.4 is 15.6 Å². The van der Waals surface area contributed by atoms with Crippen molar-refractivity contribution < 1.29 is 19.1 Å². The topological polar surface area (TPSA) is 110 Å². The molecule has 1 heterocycles. The predicted molar refractivity (Wildman–Crippen MR) is 110 cm³/mol. The molecule has 3 aromatic rings. The first-order valence-corrected chi connectivity index (χ1v) is 9.17. The molecule has 2 aromatic carbocycles. The van der Waals surface area contributed by atoms with Crippen LogP contribution in [0, 0.1) is 0 Å². The van der Waals surface area contributed by atoms with Crippen LogP contribution in [0.4, 0.5) is 0 Å². The highest BCUT2D eigenvalue weighted by Gasteiger charge is 2.11. The molecule has 0 aliphatic carbocycles. The summed E-state index contributed by atoms with van der Waals surface area (Å²) in [4.78, 5) is 42.8. The fourth-order valence-corrected chi connectivity index (χ4v) is 2.79. The number of amides is 1. The van der Waals surface area contributed by atoms with Gasteiger partial charge in [-0.2, -0.15) is 0 Å². The average molecular weight is 407 g/mol. The Morgan fingerprint density at radius 2 is 1.67 bits per heavy atom. The molecular formula is C22H21N3O5. The maximum absolute atomic E-state index is 12.5. The summed E-state index contributed by atoms with van der Waals surface area (Å²) in [6.07, 6.45) is 0.370. The second kappa shape index (κ2) is 9.51. The molecule has 154 valence electrons. The molecule has 8 nitrogen and oxygen atoms in total. The van der Waals surface area contributed by atoms with Gasteiger partial charge in [0.25, 0.3) is 11.5 Å². The number of aromatic nitrogens is 2. The number of methoxy groups -OCH3 is 2. The third-order valence-electron chi connectivity index (χ3n) is 4.38. The number of aromatic amines is 1. The van der Waals surface area contributed by atoms with E-state index in [0.29, 0.717) is 17.8 Å². The van der Waals surface area contributed by atoms with Crippen molar-refractivity contribution in [3.05, 3.63) is 93.2 Å². The first-order valence-electron chi connectivity index (χ1n) is 9.17. The number of esters is 1. The Kier molecular flexibility index (Phi) is 6.59. The number of carbonyl (C=O) groups is 2. The van der Waals surface area contributed by atoms with E-state index in [1.807, 2.05) is 24.3 Å². The molecule has 2 N–H and O–H groups in total. The summed E-state index contributed by atoms with van der Waals surface area (Å²) < 4.78 is 9.78. The number of hydrogen-bond acceptors (Lipinski definition) is 6. The van der Waals surface area contributed by atoms with Crippen LogP contribution in [0.25, 0.3) is 0 Å². The number of carbonyl (C=O) groups excluding carboxylic acids is 2. The van der Waals surface area contributed by atoms with E-state index in [4.69, 9.17) is 4.74 Å². The number of nitrogens with zero attached hydrogens (tertiary/aromatic N) is 1. The Balaban J connectivity index is 1.66. The van der Waals surface area contributed by atoms with E-state index in [-0.39, 0.29) is 12.2 Å². The largest absolute Gasteiger partial charge is 0.497 e.